The number of rotatable bonds is 2. The first kappa shape index (κ1) is 12.5. The minimum atomic E-state index is -4.38. The van der Waals surface area contributed by atoms with E-state index in [0.717, 1.165) is 12.1 Å². The zero-order chi connectivity index (χ0) is 13.2. The molecule has 0 bridgehead atoms. The Bertz CT molecular complexity index is 471. The van der Waals surface area contributed by atoms with Gasteiger partial charge in [-0.1, -0.05) is 0 Å². The average Bonchev–Trinajstić information content (AvgIpc) is 2.80. The Kier molecular flexibility index (Phi) is 3.31. The van der Waals surface area contributed by atoms with Crippen molar-refractivity contribution in [2.75, 3.05) is 25.5 Å². The van der Waals surface area contributed by atoms with Crippen LogP contribution >= 0.6 is 0 Å². The molecule has 0 unspecified atom stereocenters. The number of hydrogen-bond donors (Lipinski definition) is 2. The molecule has 1 aromatic rings. The summed E-state index contributed by atoms with van der Waals surface area (Å²) in [6.45, 7) is 1.27. The van der Waals surface area contributed by atoms with Gasteiger partial charge in [0.25, 0.3) is 0 Å². The topological polar surface area (TPSA) is 45.6 Å². The van der Waals surface area contributed by atoms with Crippen LogP contribution in [-0.4, -0.2) is 26.2 Å². The summed E-state index contributed by atoms with van der Waals surface area (Å²) in [6.07, 6.45) is -4.38. The molecule has 0 aliphatic carbocycles. The Morgan fingerprint density at radius 2 is 2.17 bits per heavy atom. The summed E-state index contributed by atoms with van der Waals surface area (Å²) in [7, 11) is 1.40. The number of anilines is 1. The number of alkyl halides is 3. The van der Waals surface area contributed by atoms with Crippen molar-refractivity contribution in [2.45, 2.75) is 6.18 Å². The van der Waals surface area contributed by atoms with Gasteiger partial charge in [-0.05, 0) is 18.2 Å². The number of aliphatic imine (C=N–C) groups is 1. The molecule has 2 rings (SSSR count). The molecule has 0 amide bonds. The second-order valence-corrected chi connectivity index (χ2v) is 3.69. The number of hydrogen-bond acceptors (Lipinski definition) is 4. The van der Waals surface area contributed by atoms with E-state index in [1.54, 1.807) is 0 Å². The monoisotopic (exact) mass is 259 g/mol. The second kappa shape index (κ2) is 4.75. The molecule has 98 valence electrons. The van der Waals surface area contributed by atoms with E-state index in [4.69, 9.17) is 4.74 Å². The first-order valence-corrected chi connectivity index (χ1v) is 5.31. The molecule has 0 spiro atoms. The summed E-state index contributed by atoms with van der Waals surface area (Å²) in [5, 5.41) is 5.70. The van der Waals surface area contributed by atoms with Crippen molar-refractivity contribution < 1.29 is 17.9 Å². The zero-order valence-electron chi connectivity index (χ0n) is 9.64. The standard InChI is InChI=1S/C11H12F3N3O/c1-18-9-3-2-7(11(12,13)14)6-8(9)17-10-15-4-5-16-10/h2-3,6H,4-5H2,1H3,(H2,15,16,17). The maximum absolute atomic E-state index is 12.6. The van der Waals surface area contributed by atoms with Crippen molar-refractivity contribution in [3.63, 3.8) is 0 Å². The fraction of sp³-hybridized carbons (Fsp3) is 0.364. The average molecular weight is 259 g/mol. The third-order valence-corrected chi connectivity index (χ3v) is 2.45. The fourth-order valence-electron chi connectivity index (χ4n) is 1.59. The van der Waals surface area contributed by atoms with E-state index in [-0.39, 0.29) is 5.69 Å². The second-order valence-electron chi connectivity index (χ2n) is 3.69. The van der Waals surface area contributed by atoms with Gasteiger partial charge in [-0.3, -0.25) is 4.99 Å². The summed E-state index contributed by atoms with van der Waals surface area (Å²) in [6, 6.07) is 3.26. The lowest BCUT2D eigenvalue weighted by Crippen LogP contribution is -2.26. The van der Waals surface area contributed by atoms with Crippen molar-refractivity contribution in [3.8, 4) is 5.75 Å². The minimum Gasteiger partial charge on any atom is -0.495 e. The van der Waals surface area contributed by atoms with Crippen molar-refractivity contribution in [1.29, 1.82) is 0 Å². The number of nitrogens with one attached hydrogen (secondary N) is 2. The molecule has 0 saturated heterocycles. The molecule has 7 heteroatoms. The zero-order valence-corrected chi connectivity index (χ0v) is 9.64. The molecular formula is C11H12F3N3O. The lowest BCUT2D eigenvalue weighted by atomic mass is 10.2. The molecular weight excluding hydrogens is 247 g/mol. The highest BCUT2D eigenvalue weighted by molar-refractivity contribution is 5.96. The highest BCUT2D eigenvalue weighted by atomic mass is 19.4. The first-order valence-electron chi connectivity index (χ1n) is 5.31. The minimum absolute atomic E-state index is 0.237. The smallest absolute Gasteiger partial charge is 0.416 e. The van der Waals surface area contributed by atoms with Gasteiger partial charge in [-0.15, -0.1) is 0 Å². The number of ether oxygens (including phenoxy) is 1. The predicted molar refractivity (Wildman–Crippen MR) is 61.9 cm³/mol. The van der Waals surface area contributed by atoms with Gasteiger partial charge in [0.2, 0.25) is 0 Å². The van der Waals surface area contributed by atoms with Crippen LogP contribution in [0.15, 0.2) is 23.2 Å². The highest BCUT2D eigenvalue weighted by Gasteiger charge is 2.31. The first-order chi connectivity index (χ1) is 8.50. The largest absolute Gasteiger partial charge is 0.495 e. The van der Waals surface area contributed by atoms with Crippen LogP contribution in [0.2, 0.25) is 0 Å². The third-order valence-electron chi connectivity index (χ3n) is 2.45. The maximum atomic E-state index is 12.6. The van der Waals surface area contributed by atoms with Crippen LogP contribution in [0.1, 0.15) is 5.56 Å². The van der Waals surface area contributed by atoms with Gasteiger partial charge in [0.05, 0.1) is 24.9 Å². The SMILES string of the molecule is COc1ccc(C(F)(F)F)cc1NC1=NCCN1. The summed E-state index contributed by atoms with van der Waals surface area (Å²) >= 11 is 0. The lowest BCUT2D eigenvalue weighted by Gasteiger charge is -2.14. The summed E-state index contributed by atoms with van der Waals surface area (Å²) < 4.78 is 42.8. The molecule has 1 aliphatic heterocycles. The molecule has 2 N–H and O–H groups in total. The molecule has 0 aromatic heterocycles. The molecule has 1 heterocycles. The van der Waals surface area contributed by atoms with Crippen LogP contribution in [0.5, 0.6) is 5.75 Å². The highest BCUT2D eigenvalue weighted by Crippen LogP contribution is 2.34. The van der Waals surface area contributed by atoms with E-state index in [1.807, 2.05) is 0 Å². The number of nitrogens with zero attached hydrogens (tertiary/aromatic N) is 1. The van der Waals surface area contributed by atoms with Crippen molar-refractivity contribution in [3.05, 3.63) is 23.8 Å². The van der Waals surface area contributed by atoms with Crippen LogP contribution in [0.4, 0.5) is 18.9 Å². The van der Waals surface area contributed by atoms with E-state index < -0.39 is 11.7 Å². The number of guanidine groups is 1. The van der Waals surface area contributed by atoms with Crippen molar-refractivity contribution in [2.24, 2.45) is 4.99 Å². The van der Waals surface area contributed by atoms with Crippen LogP contribution in [-0.2, 0) is 6.18 Å². The van der Waals surface area contributed by atoms with Gasteiger partial charge in [0.1, 0.15) is 5.75 Å². The van der Waals surface area contributed by atoms with Gasteiger partial charge in [-0.25, -0.2) is 0 Å². The van der Waals surface area contributed by atoms with E-state index in [2.05, 4.69) is 15.6 Å². The van der Waals surface area contributed by atoms with Gasteiger partial charge in [0, 0.05) is 6.54 Å². The van der Waals surface area contributed by atoms with Gasteiger partial charge < -0.3 is 15.4 Å². The normalized spacial score (nSPS) is 15.0. The lowest BCUT2D eigenvalue weighted by molar-refractivity contribution is -0.137. The number of halogens is 3. The molecule has 0 saturated carbocycles. The van der Waals surface area contributed by atoms with E-state index in [9.17, 15) is 13.2 Å². The summed E-state index contributed by atoms with van der Waals surface area (Å²) in [4.78, 5) is 4.06. The van der Waals surface area contributed by atoms with E-state index in [1.165, 1.54) is 13.2 Å². The Hall–Kier alpha value is -1.92. The van der Waals surface area contributed by atoms with Crippen LogP contribution < -0.4 is 15.4 Å². The predicted octanol–water partition coefficient (Wildman–Crippen LogP) is 2.09. The number of benzene rings is 1. The van der Waals surface area contributed by atoms with Crippen molar-refractivity contribution >= 4 is 11.6 Å². The summed E-state index contributed by atoms with van der Waals surface area (Å²) in [5.41, 5.74) is -0.495. The molecule has 0 atom stereocenters. The van der Waals surface area contributed by atoms with E-state index in [0.29, 0.717) is 24.8 Å². The van der Waals surface area contributed by atoms with Gasteiger partial charge in [0.15, 0.2) is 5.96 Å². The molecule has 18 heavy (non-hydrogen) atoms. The maximum Gasteiger partial charge on any atom is 0.416 e. The van der Waals surface area contributed by atoms with Crippen LogP contribution in [0, 0.1) is 0 Å². The number of methoxy groups -OCH3 is 1. The summed E-state index contributed by atoms with van der Waals surface area (Å²) in [5.74, 6) is 0.784. The third kappa shape index (κ3) is 2.66. The Balaban J connectivity index is 2.30. The molecule has 1 aliphatic rings. The Morgan fingerprint density at radius 3 is 2.72 bits per heavy atom. The molecule has 0 radical (unpaired) electrons. The molecule has 0 fully saturated rings. The Morgan fingerprint density at radius 1 is 1.39 bits per heavy atom. The van der Waals surface area contributed by atoms with Gasteiger partial charge >= 0.3 is 6.18 Å². The molecule has 4 nitrogen and oxygen atoms in total. The van der Waals surface area contributed by atoms with E-state index >= 15 is 0 Å². The van der Waals surface area contributed by atoms with Gasteiger partial charge in [-0.2, -0.15) is 13.2 Å². The van der Waals surface area contributed by atoms with Crippen LogP contribution in [0.25, 0.3) is 0 Å². The van der Waals surface area contributed by atoms with Crippen molar-refractivity contribution in [1.82, 2.24) is 5.32 Å². The fourth-order valence-corrected chi connectivity index (χ4v) is 1.59. The quantitative estimate of drug-likeness (QED) is 0.854. The molecule has 1 aromatic carbocycles. The Labute approximate surface area is 102 Å². The van der Waals surface area contributed by atoms with Crippen LogP contribution in [0.3, 0.4) is 0 Å².